The van der Waals surface area contributed by atoms with Crippen LogP contribution in [0, 0.1) is 0 Å². The molecule has 4 aromatic carbocycles. The van der Waals surface area contributed by atoms with E-state index in [1.807, 2.05) is 48.5 Å². The molecule has 0 aliphatic carbocycles. The molecule has 0 saturated heterocycles. The zero-order chi connectivity index (χ0) is 27.8. The zero-order valence-corrected chi connectivity index (χ0v) is 22.6. The van der Waals surface area contributed by atoms with Gasteiger partial charge in [0, 0.05) is 23.0 Å². The van der Waals surface area contributed by atoms with E-state index in [-0.39, 0.29) is 11.7 Å². The summed E-state index contributed by atoms with van der Waals surface area (Å²) in [4.78, 5) is 17.7. The van der Waals surface area contributed by atoms with Gasteiger partial charge in [0.1, 0.15) is 18.2 Å². The molecule has 4 rings (SSSR count). The van der Waals surface area contributed by atoms with E-state index in [9.17, 15) is 4.79 Å². The van der Waals surface area contributed by atoms with E-state index in [0.717, 1.165) is 11.1 Å². The molecule has 1 unspecified atom stereocenters. The number of hydrogen-bond acceptors (Lipinski definition) is 5. The van der Waals surface area contributed by atoms with Crippen molar-refractivity contribution < 1.29 is 9.53 Å². The molecule has 0 heterocycles. The van der Waals surface area contributed by atoms with E-state index in [2.05, 4.69) is 10.3 Å². The van der Waals surface area contributed by atoms with Crippen LogP contribution in [0.2, 0.25) is 10.0 Å². The van der Waals surface area contributed by atoms with Crippen molar-refractivity contribution in [3.05, 3.63) is 118 Å². The fraction of sp³-hybridized carbons (Fsp3) is 0.133. The summed E-state index contributed by atoms with van der Waals surface area (Å²) >= 11 is 12.2. The third-order valence-corrected chi connectivity index (χ3v) is 6.77. The van der Waals surface area contributed by atoms with Crippen LogP contribution in [0.25, 0.3) is 0 Å². The van der Waals surface area contributed by atoms with Crippen LogP contribution < -0.4 is 27.3 Å². The highest BCUT2D eigenvalue weighted by Gasteiger charge is 2.21. The summed E-state index contributed by atoms with van der Waals surface area (Å²) < 4.78 is 5.89. The zero-order valence-electron chi connectivity index (χ0n) is 21.1. The second-order valence-corrected chi connectivity index (χ2v) is 9.68. The number of nitrogen functional groups attached to an aromatic ring is 1. The molecule has 9 heteroatoms. The number of nitrogens with zero attached hydrogens (tertiary/aromatic N) is 1. The highest BCUT2D eigenvalue weighted by atomic mass is 35.5. The molecule has 7 nitrogen and oxygen atoms in total. The monoisotopic (exact) mass is 561 g/mol. The average Bonchev–Trinajstić information content (AvgIpc) is 2.94. The average molecular weight is 563 g/mol. The minimum absolute atomic E-state index is 0.201. The van der Waals surface area contributed by atoms with Gasteiger partial charge in [-0.1, -0.05) is 65.7 Å². The first-order valence-electron chi connectivity index (χ1n) is 12.3. The third kappa shape index (κ3) is 7.51. The summed E-state index contributed by atoms with van der Waals surface area (Å²) in [6.07, 6.45) is 0.428. The number of hydrogen-bond donors (Lipinski definition) is 4. The number of ether oxygens (including phenoxy) is 1. The number of halogens is 2. The van der Waals surface area contributed by atoms with Gasteiger partial charge < -0.3 is 27.3 Å². The Morgan fingerprint density at radius 3 is 2.46 bits per heavy atom. The van der Waals surface area contributed by atoms with Crippen molar-refractivity contribution in [1.82, 2.24) is 0 Å². The number of amidine groups is 1. The Bertz CT molecular complexity index is 1480. The Hall–Kier alpha value is -4.04. The molecule has 0 spiro atoms. The maximum atomic E-state index is 13.2. The van der Waals surface area contributed by atoms with Crippen molar-refractivity contribution >= 4 is 52.0 Å². The van der Waals surface area contributed by atoms with E-state index < -0.39 is 5.92 Å². The van der Waals surface area contributed by atoms with Crippen molar-refractivity contribution in [2.24, 2.45) is 16.5 Å². The van der Waals surface area contributed by atoms with Gasteiger partial charge in [-0.05, 0) is 66.6 Å². The predicted octanol–water partition coefficient (Wildman–Crippen LogP) is 6.26. The molecule has 39 heavy (non-hydrogen) atoms. The first-order chi connectivity index (χ1) is 18.8. The minimum Gasteiger partial charge on any atom is -0.489 e. The van der Waals surface area contributed by atoms with Gasteiger partial charge in [0.25, 0.3) is 0 Å². The number of aliphatic imine (C=N–C) groups is 1. The van der Waals surface area contributed by atoms with E-state index in [0.29, 0.717) is 58.0 Å². The number of amides is 1. The molecule has 0 aliphatic rings. The first-order valence-corrected chi connectivity index (χ1v) is 13.1. The van der Waals surface area contributed by atoms with Crippen molar-refractivity contribution in [1.29, 1.82) is 0 Å². The van der Waals surface area contributed by atoms with E-state index in [4.69, 9.17) is 45.1 Å². The Morgan fingerprint density at radius 1 is 0.923 bits per heavy atom. The molecule has 0 saturated carbocycles. The lowest BCUT2D eigenvalue weighted by Crippen LogP contribution is -2.24. The first kappa shape index (κ1) is 28.0. The van der Waals surface area contributed by atoms with Crippen molar-refractivity contribution in [2.45, 2.75) is 18.9 Å². The molecular formula is C30H29Cl2N5O2. The summed E-state index contributed by atoms with van der Waals surface area (Å²) in [5.74, 6) is 0.102. The molecule has 0 aromatic heterocycles. The van der Waals surface area contributed by atoms with Crippen LogP contribution in [0.4, 0.5) is 17.1 Å². The third-order valence-electron chi connectivity index (χ3n) is 6.03. The molecule has 0 aliphatic heterocycles. The van der Waals surface area contributed by atoms with E-state index >= 15 is 0 Å². The Balaban J connectivity index is 1.51. The molecular weight excluding hydrogens is 533 g/mol. The number of carbonyl (C=O) groups excluding carboxylic acids is 1. The fourth-order valence-corrected chi connectivity index (χ4v) is 4.32. The van der Waals surface area contributed by atoms with Gasteiger partial charge in [-0.25, -0.2) is 4.99 Å². The summed E-state index contributed by atoms with van der Waals surface area (Å²) in [5.41, 5.74) is 22.2. The Labute approximate surface area is 237 Å². The van der Waals surface area contributed by atoms with Crippen LogP contribution in [0.1, 0.15) is 29.0 Å². The molecule has 1 amide bonds. The molecule has 7 N–H and O–H groups in total. The quantitative estimate of drug-likeness (QED) is 0.103. The van der Waals surface area contributed by atoms with Crippen LogP contribution in [0.5, 0.6) is 5.75 Å². The van der Waals surface area contributed by atoms with Gasteiger partial charge in [-0.15, -0.1) is 0 Å². The Kier molecular flexibility index (Phi) is 9.44. The lowest BCUT2D eigenvalue weighted by Gasteiger charge is -2.18. The fourth-order valence-electron chi connectivity index (χ4n) is 4.01. The van der Waals surface area contributed by atoms with Crippen LogP contribution in [-0.2, 0) is 11.4 Å². The van der Waals surface area contributed by atoms with Crippen LogP contribution in [0.3, 0.4) is 0 Å². The molecule has 0 bridgehead atoms. The number of rotatable bonds is 10. The summed E-state index contributed by atoms with van der Waals surface area (Å²) in [6, 6.07) is 27.4. The van der Waals surface area contributed by atoms with Gasteiger partial charge >= 0.3 is 0 Å². The van der Waals surface area contributed by atoms with Crippen LogP contribution in [0.15, 0.2) is 96.0 Å². The van der Waals surface area contributed by atoms with Crippen LogP contribution >= 0.6 is 23.2 Å². The maximum absolute atomic E-state index is 13.2. The second-order valence-electron chi connectivity index (χ2n) is 8.86. The number of benzene rings is 4. The molecule has 0 radical (unpaired) electrons. The molecule has 1 atom stereocenters. The van der Waals surface area contributed by atoms with Gasteiger partial charge in [0.2, 0.25) is 5.91 Å². The lowest BCUT2D eigenvalue weighted by molar-refractivity contribution is -0.117. The molecule has 200 valence electrons. The van der Waals surface area contributed by atoms with Gasteiger partial charge in [-0.2, -0.15) is 0 Å². The number of anilines is 2. The topological polar surface area (TPSA) is 129 Å². The van der Waals surface area contributed by atoms with Crippen molar-refractivity contribution in [2.75, 3.05) is 17.6 Å². The number of nitrogens with two attached hydrogens (primary N) is 3. The molecule has 4 aromatic rings. The van der Waals surface area contributed by atoms with Crippen LogP contribution in [-0.4, -0.2) is 18.3 Å². The highest BCUT2D eigenvalue weighted by molar-refractivity contribution is 6.42. The van der Waals surface area contributed by atoms with Crippen molar-refractivity contribution in [3.63, 3.8) is 0 Å². The van der Waals surface area contributed by atoms with E-state index in [1.165, 1.54) is 0 Å². The van der Waals surface area contributed by atoms with E-state index in [1.54, 1.807) is 42.5 Å². The molecule has 0 fully saturated rings. The number of nitrogens with one attached hydrogen (secondary N) is 1. The normalized spacial score (nSPS) is 12.1. The lowest BCUT2D eigenvalue weighted by atomic mass is 9.94. The van der Waals surface area contributed by atoms with Crippen molar-refractivity contribution in [3.8, 4) is 5.75 Å². The minimum atomic E-state index is -0.518. The number of carbonyl (C=O) groups is 1. The van der Waals surface area contributed by atoms with Gasteiger partial charge in [-0.3, -0.25) is 4.79 Å². The van der Waals surface area contributed by atoms with Gasteiger partial charge in [0.05, 0.1) is 21.7 Å². The second kappa shape index (κ2) is 13.2. The summed E-state index contributed by atoms with van der Waals surface area (Å²) in [5, 5.41) is 3.72. The van der Waals surface area contributed by atoms with Gasteiger partial charge in [0.15, 0.2) is 0 Å². The highest BCUT2D eigenvalue weighted by Crippen LogP contribution is 2.30. The summed E-state index contributed by atoms with van der Waals surface area (Å²) in [6.45, 7) is 0.755. The summed E-state index contributed by atoms with van der Waals surface area (Å²) in [7, 11) is 0. The largest absolute Gasteiger partial charge is 0.489 e. The maximum Gasteiger partial charge on any atom is 0.231 e. The Morgan fingerprint density at radius 2 is 1.72 bits per heavy atom. The SMILES string of the molecule is NCCC(C(=O)Nc1ccc(N)c(C(N)=Nc2cccc(OCc3ccccc3)c2)c1)c1ccc(Cl)c(Cl)c1. The predicted molar refractivity (Wildman–Crippen MR) is 160 cm³/mol. The smallest absolute Gasteiger partial charge is 0.231 e. The standard InChI is InChI=1S/C30H29Cl2N5O2/c31-26-11-9-20(15-27(26)32)24(13-14-33)30(38)37-22-10-12-28(34)25(17-22)29(35)36-21-7-4-8-23(16-21)39-18-19-5-2-1-3-6-19/h1-12,15-17,24H,13-14,18,33-34H2,(H2,35,36)(H,37,38).